The Morgan fingerprint density at radius 2 is 1.81 bits per heavy atom. The van der Waals surface area contributed by atoms with Crippen LogP contribution < -0.4 is 0 Å². The standard InChI is InChI=1S/C19H27ClO/c1-18-9-7-13(20)11-12(18)3-4-14-15-5-6-17(21)19(15,2)10-8-16(14)18/h3,13-16H,4-11H2,1-2H3. The molecule has 6 unspecified atom stereocenters. The largest absolute Gasteiger partial charge is 0.299 e. The van der Waals surface area contributed by atoms with Crippen molar-refractivity contribution < 1.29 is 4.79 Å². The number of carbonyl (C=O) groups excluding carboxylic acids is 1. The molecule has 2 heteroatoms. The predicted octanol–water partition coefficient (Wildman–Crippen LogP) is 5.13. The van der Waals surface area contributed by atoms with Gasteiger partial charge in [-0.1, -0.05) is 25.5 Å². The predicted molar refractivity (Wildman–Crippen MR) is 86.4 cm³/mol. The minimum atomic E-state index is 0.00650. The van der Waals surface area contributed by atoms with Crippen LogP contribution in [0.15, 0.2) is 11.6 Å². The van der Waals surface area contributed by atoms with E-state index in [-0.39, 0.29) is 5.41 Å². The van der Waals surface area contributed by atoms with Crippen LogP contribution in [0.4, 0.5) is 0 Å². The fraction of sp³-hybridized carbons (Fsp3) is 0.842. The first kappa shape index (κ1) is 14.3. The molecule has 0 aromatic carbocycles. The molecule has 116 valence electrons. The number of fused-ring (bicyclic) bond motifs is 5. The summed E-state index contributed by atoms with van der Waals surface area (Å²) in [6.45, 7) is 4.76. The van der Waals surface area contributed by atoms with Crippen LogP contribution in [0.25, 0.3) is 0 Å². The molecular formula is C19H27ClO. The minimum Gasteiger partial charge on any atom is -0.299 e. The van der Waals surface area contributed by atoms with E-state index in [2.05, 4.69) is 19.9 Å². The molecular weight excluding hydrogens is 280 g/mol. The lowest BCUT2D eigenvalue weighted by atomic mass is 9.48. The molecule has 0 saturated heterocycles. The van der Waals surface area contributed by atoms with E-state index in [0.29, 0.717) is 22.5 Å². The monoisotopic (exact) mass is 306 g/mol. The van der Waals surface area contributed by atoms with E-state index in [4.69, 9.17) is 11.6 Å². The number of hydrogen-bond donors (Lipinski definition) is 0. The Balaban J connectivity index is 1.69. The van der Waals surface area contributed by atoms with Gasteiger partial charge in [-0.15, -0.1) is 11.6 Å². The van der Waals surface area contributed by atoms with Gasteiger partial charge in [0.2, 0.25) is 0 Å². The third-order valence-corrected chi connectivity index (χ3v) is 8.13. The summed E-state index contributed by atoms with van der Waals surface area (Å²) >= 11 is 6.42. The molecule has 0 aromatic heterocycles. The van der Waals surface area contributed by atoms with Crippen LogP contribution in [-0.2, 0) is 4.79 Å². The normalized spacial score (nSPS) is 52.7. The second-order valence-corrected chi connectivity index (χ2v) is 9.13. The highest BCUT2D eigenvalue weighted by Gasteiger charge is 2.58. The van der Waals surface area contributed by atoms with Crippen molar-refractivity contribution in [2.75, 3.05) is 0 Å². The second-order valence-electron chi connectivity index (χ2n) is 8.52. The zero-order valence-corrected chi connectivity index (χ0v) is 14.1. The Hall–Kier alpha value is -0.300. The van der Waals surface area contributed by atoms with Crippen molar-refractivity contribution in [2.45, 2.75) is 70.6 Å². The molecule has 0 N–H and O–H groups in total. The molecule has 0 heterocycles. The molecule has 4 rings (SSSR count). The van der Waals surface area contributed by atoms with Gasteiger partial charge in [0, 0.05) is 17.2 Å². The smallest absolute Gasteiger partial charge is 0.139 e. The van der Waals surface area contributed by atoms with Crippen molar-refractivity contribution in [2.24, 2.45) is 28.6 Å². The number of allylic oxidation sites excluding steroid dienone is 2. The van der Waals surface area contributed by atoms with E-state index < -0.39 is 0 Å². The molecule has 3 fully saturated rings. The van der Waals surface area contributed by atoms with Gasteiger partial charge in [-0.3, -0.25) is 4.79 Å². The van der Waals surface area contributed by atoms with Crippen molar-refractivity contribution in [3.63, 3.8) is 0 Å². The Kier molecular flexibility index (Phi) is 3.13. The molecule has 1 nitrogen and oxygen atoms in total. The van der Waals surface area contributed by atoms with Gasteiger partial charge in [0.15, 0.2) is 0 Å². The van der Waals surface area contributed by atoms with E-state index in [0.717, 1.165) is 37.5 Å². The number of alkyl halides is 1. The summed E-state index contributed by atoms with van der Waals surface area (Å²) in [4.78, 5) is 12.4. The minimum absolute atomic E-state index is 0.00650. The summed E-state index contributed by atoms with van der Waals surface area (Å²) in [6.07, 6.45) is 11.6. The van der Waals surface area contributed by atoms with E-state index in [1.807, 2.05) is 0 Å². The maximum absolute atomic E-state index is 12.4. The first-order valence-corrected chi connectivity index (χ1v) is 9.26. The molecule has 4 aliphatic rings. The Labute approximate surface area is 133 Å². The number of carbonyl (C=O) groups is 1. The average Bonchev–Trinajstić information content (AvgIpc) is 2.76. The number of halogens is 1. The van der Waals surface area contributed by atoms with Gasteiger partial charge in [-0.2, -0.15) is 0 Å². The van der Waals surface area contributed by atoms with Crippen LogP contribution in [0.1, 0.15) is 65.2 Å². The fourth-order valence-corrected chi connectivity index (χ4v) is 6.66. The zero-order valence-electron chi connectivity index (χ0n) is 13.3. The van der Waals surface area contributed by atoms with E-state index in [1.54, 1.807) is 5.57 Å². The van der Waals surface area contributed by atoms with Crippen LogP contribution in [0.3, 0.4) is 0 Å². The maximum Gasteiger partial charge on any atom is 0.139 e. The molecule has 6 atom stereocenters. The third-order valence-electron chi connectivity index (χ3n) is 7.75. The highest BCUT2D eigenvalue weighted by atomic mass is 35.5. The second kappa shape index (κ2) is 4.60. The van der Waals surface area contributed by atoms with Crippen molar-refractivity contribution in [1.29, 1.82) is 0 Å². The maximum atomic E-state index is 12.4. The first-order valence-electron chi connectivity index (χ1n) is 8.82. The Bertz CT molecular complexity index is 510. The Morgan fingerprint density at radius 1 is 1.10 bits per heavy atom. The van der Waals surface area contributed by atoms with Crippen LogP contribution >= 0.6 is 11.6 Å². The van der Waals surface area contributed by atoms with Crippen LogP contribution in [0.2, 0.25) is 0 Å². The summed E-state index contributed by atoms with van der Waals surface area (Å²) in [5.41, 5.74) is 2.02. The molecule has 0 spiro atoms. The summed E-state index contributed by atoms with van der Waals surface area (Å²) < 4.78 is 0. The lowest BCUT2D eigenvalue weighted by molar-refractivity contribution is -0.131. The van der Waals surface area contributed by atoms with Gasteiger partial charge < -0.3 is 0 Å². The summed E-state index contributed by atoms with van der Waals surface area (Å²) in [7, 11) is 0. The molecule has 4 aliphatic carbocycles. The molecule has 0 radical (unpaired) electrons. The summed E-state index contributed by atoms with van der Waals surface area (Å²) in [5.74, 6) is 2.74. The molecule has 0 aliphatic heterocycles. The highest BCUT2D eigenvalue weighted by Crippen LogP contribution is 2.64. The number of ketones is 1. The lowest BCUT2D eigenvalue weighted by Crippen LogP contribution is -2.50. The van der Waals surface area contributed by atoms with E-state index in [1.165, 1.54) is 25.7 Å². The first-order chi connectivity index (χ1) is 9.95. The number of hydrogen-bond acceptors (Lipinski definition) is 1. The van der Waals surface area contributed by atoms with Gasteiger partial charge in [0.05, 0.1) is 0 Å². The molecule has 0 amide bonds. The number of Topliss-reactive ketones (excluding diaryl/α,β-unsaturated/α-hetero) is 1. The molecule has 21 heavy (non-hydrogen) atoms. The average molecular weight is 307 g/mol. The van der Waals surface area contributed by atoms with Crippen LogP contribution in [-0.4, -0.2) is 11.2 Å². The van der Waals surface area contributed by atoms with Gasteiger partial charge in [-0.25, -0.2) is 0 Å². The highest BCUT2D eigenvalue weighted by molar-refractivity contribution is 6.20. The summed E-state index contributed by atoms with van der Waals surface area (Å²) in [5, 5.41) is 0.350. The van der Waals surface area contributed by atoms with Crippen molar-refractivity contribution in [1.82, 2.24) is 0 Å². The van der Waals surface area contributed by atoms with Gasteiger partial charge in [0.1, 0.15) is 5.78 Å². The quantitative estimate of drug-likeness (QED) is 0.448. The van der Waals surface area contributed by atoms with Crippen molar-refractivity contribution in [3.8, 4) is 0 Å². The van der Waals surface area contributed by atoms with Crippen molar-refractivity contribution in [3.05, 3.63) is 11.6 Å². The zero-order chi connectivity index (χ0) is 14.8. The topological polar surface area (TPSA) is 17.1 Å². The molecule has 3 saturated carbocycles. The fourth-order valence-electron chi connectivity index (χ4n) is 6.39. The molecule has 0 aromatic rings. The van der Waals surface area contributed by atoms with Crippen LogP contribution in [0.5, 0.6) is 0 Å². The van der Waals surface area contributed by atoms with E-state index >= 15 is 0 Å². The van der Waals surface area contributed by atoms with Gasteiger partial charge >= 0.3 is 0 Å². The lowest BCUT2D eigenvalue weighted by Gasteiger charge is -2.56. The van der Waals surface area contributed by atoms with Gasteiger partial charge in [-0.05, 0) is 68.1 Å². The molecule has 0 bridgehead atoms. The summed E-state index contributed by atoms with van der Waals surface area (Å²) in [6, 6.07) is 0. The van der Waals surface area contributed by atoms with Crippen LogP contribution in [0, 0.1) is 28.6 Å². The SMILES string of the molecule is CC12CCC3C(CC=C4CC(Cl)CCC43C)C1CCC2=O. The number of rotatable bonds is 0. The van der Waals surface area contributed by atoms with E-state index in [9.17, 15) is 4.79 Å². The third kappa shape index (κ3) is 1.85. The Morgan fingerprint density at radius 3 is 2.62 bits per heavy atom. The van der Waals surface area contributed by atoms with Crippen molar-refractivity contribution >= 4 is 17.4 Å². The van der Waals surface area contributed by atoms with Gasteiger partial charge in [0.25, 0.3) is 0 Å².